The van der Waals surface area contributed by atoms with Gasteiger partial charge in [-0.1, -0.05) is 6.07 Å². The monoisotopic (exact) mass is 294 g/mol. The molecule has 20 heavy (non-hydrogen) atoms. The summed E-state index contributed by atoms with van der Waals surface area (Å²) in [5.74, 6) is -5.61. The molecule has 1 aromatic carbocycles. The number of halogens is 5. The topological polar surface area (TPSA) is 46.5 Å². The lowest BCUT2D eigenvalue weighted by molar-refractivity contribution is -0.137. The van der Waals surface area contributed by atoms with Crippen molar-refractivity contribution in [2.24, 2.45) is 0 Å². The Hall–Kier alpha value is -2.12. The Morgan fingerprint density at radius 2 is 2.00 bits per heavy atom. The fourth-order valence-electron chi connectivity index (χ4n) is 1.79. The first-order valence-corrected chi connectivity index (χ1v) is 5.28. The van der Waals surface area contributed by atoms with Gasteiger partial charge in [0.2, 0.25) is 0 Å². The van der Waals surface area contributed by atoms with Crippen LogP contribution in [-0.2, 0) is 11.0 Å². The maximum atomic E-state index is 13.6. The van der Waals surface area contributed by atoms with E-state index in [4.69, 9.17) is 5.11 Å². The van der Waals surface area contributed by atoms with Gasteiger partial charge in [-0.3, -0.25) is 0 Å². The molecule has 1 heterocycles. The van der Waals surface area contributed by atoms with Crippen molar-refractivity contribution in [1.82, 2.24) is 0 Å². The van der Waals surface area contributed by atoms with Gasteiger partial charge in [-0.25, -0.2) is 4.79 Å². The highest BCUT2D eigenvalue weighted by molar-refractivity contribution is 5.93. The predicted octanol–water partition coefficient (Wildman–Crippen LogP) is 3.20. The third-order valence-corrected chi connectivity index (χ3v) is 2.67. The highest BCUT2D eigenvalue weighted by Crippen LogP contribution is 2.44. The fourth-order valence-corrected chi connectivity index (χ4v) is 1.79. The van der Waals surface area contributed by atoms with Gasteiger partial charge in [-0.05, 0) is 12.1 Å². The van der Waals surface area contributed by atoms with Crippen molar-refractivity contribution in [2.75, 3.05) is 6.61 Å². The second-order valence-electron chi connectivity index (χ2n) is 4.10. The van der Waals surface area contributed by atoms with Gasteiger partial charge in [-0.2, -0.15) is 22.0 Å². The molecule has 0 unspecified atom stereocenters. The van der Waals surface area contributed by atoms with E-state index in [-0.39, 0.29) is 11.6 Å². The van der Waals surface area contributed by atoms with Gasteiger partial charge >= 0.3 is 18.1 Å². The first-order valence-electron chi connectivity index (χ1n) is 5.28. The summed E-state index contributed by atoms with van der Waals surface area (Å²) in [6.45, 7) is -1.21. The standard InChI is InChI=1S/C12H7F5O3/c13-11(14)5-20-9-3-6(12(15,16)17)1-2-7(9)8(11)4-10(18)19/h1-4H,5H2,(H,18,19). The third kappa shape index (κ3) is 2.59. The molecule has 0 saturated heterocycles. The van der Waals surface area contributed by atoms with Crippen molar-refractivity contribution < 1.29 is 36.6 Å². The summed E-state index contributed by atoms with van der Waals surface area (Å²) in [5, 5.41) is 8.58. The smallest absolute Gasteiger partial charge is 0.416 e. The normalized spacial score (nSPS) is 19.4. The summed E-state index contributed by atoms with van der Waals surface area (Å²) >= 11 is 0. The number of aliphatic carboxylic acids is 1. The van der Waals surface area contributed by atoms with Crippen LogP contribution in [0.25, 0.3) is 5.57 Å². The van der Waals surface area contributed by atoms with E-state index in [9.17, 15) is 26.7 Å². The molecule has 108 valence electrons. The fraction of sp³-hybridized carbons (Fsp3) is 0.250. The molecule has 1 aromatic rings. The number of hydrogen-bond donors (Lipinski definition) is 1. The minimum atomic E-state index is -4.64. The maximum absolute atomic E-state index is 13.6. The molecule has 0 atom stereocenters. The van der Waals surface area contributed by atoms with E-state index < -0.39 is 41.6 Å². The van der Waals surface area contributed by atoms with Crippen molar-refractivity contribution in [3.8, 4) is 5.75 Å². The number of carboxylic acids is 1. The van der Waals surface area contributed by atoms with Gasteiger partial charge in [0, 0.05) is 17.2 Å². The molecule has 0 saturated carbocycles. The van der Waals surface area contributed by atoms with Crippen LogP contribution in [0, 0.1) is 0 Å². The van der Waals surface area contributed by atoms with Crippen molar-refractivity contribution in [3.63, 3.8) is 0 Å². The van der Waals surface area contributed by atoms with Crippen molar-refractivity contribution >= 4 is 11.5 Å². The van der Waals surface area contributed by atoms with E-state index in [1.54, 1.807) is 0 Å². The van der Waals surface area contributed by atoms with Gasteiger partial charge in [0.25, 0.3) is 0 Å². The molecule has 1 aliphatic rings. The number of ether oxygens (including phenoxy) is 1. The Labute approximate surface area is 109 Å². The minimum absolute atomic E-state index is 0.272. The van der Waals surface area contributed by atoms with E-state index in [2.05, 4.69) is 4.74 Å². The van der Waals surface area contributed by atoms with E-state index in [0.717, 1.165) is 6.07 Å². The number of benzene rings is 1. The maximum Gasteiger partial charge on any atom is 0.416 e. The molecule has 0 spiro atoms. The number of fused-ring (bicyclic) bond motifs is 1. The number of alkyl halides is 5. The van der Waals surface area contributed by atoms with Crippen molar-refractivity contribution in [2.45, 2.75) is 12.1 Å². The molecule has 0 aliphatic carbocycles. The molecule has 3 nitrogen and oxygen atoms in total. The molecule has 2 rings (SSSR count). The molecule has 0 fully saturated rings. The first-order chi connectivity index (χ1) is 9.11. The predicted molar refractivity (Wildman–Crippen MR) is 57.5 cm³/mol. The lowest BCUT2D eigenvalue weighted by Gasteiger charge is -2.28. The molecule has 0 bridgehead atoms. The molecule has 1 N–H and O–H groups in total. The Bertz CT molecular complexity index is 589. The highest BCUT2D eigenvalue weighted by Gasteiger charge is 2.42. The Morgan fingerprint density at radius 3 is 2.55 bits per heavy atom. The zero-order valence-electron chi connectivity index (χ0n) is 9.67. The van der Waals surface area contributed by atoms with Crippen LogP contribution in [0.5, 0.6) is 5.75 Å². The van der Waals surface area contributed by atoms with Crippen molar-refractivity contribution in [3.05, 3.63) is 35.4 Å². The summed E-state index contributed by atoms with van der Waals surface area (Å²) in [6.07, 6.45) is -4.37. The first kappa shape index (κ1) is 14.3. The van der Waals surface area contributed by atoms with E-state index >= 15 is 0 Å². The zero-order valence-corrected chi connectivity index (χ0v) is 9.67. The van der Waals surface area contributed by atoms with Crippen molar-refractivity contribution in [1.29, 1.82) is 0 Å². The molecule has 0 radical (unpaired) electrons. The number of carbonyl (C=O) groups is 1. The minimum Gasteiger partial charge on any atom is -0.486 e. The quantitative estimate of drug-likeness (QED) is 0.639. The van der Waals surface area contributed by atoms with Gasteiger partial charge in [-0.15, -0.1) is 0 Å². The second-order valence-corrected chi connectivity index (χ2v) is 4.10. The number of hydrogen-bond acceptors (Lipinski definition) is 2. The lowest BCUT2D eigenvalue weighted by atomic mass is 9.95. The van der Waals surface area contributed by atoms with Crippen LogP contribution in [0.2, 0.25) is 0 Å². The summed E-state index contributed by atoms with van der Waals surface area (Å²) in [4.78, 5) is 10.6. The molecule has 8 heteroatoms. The van der Waals surface area contributed by atoms with Gasteiger partial charge in [0.15, 0.2) is 6.61 Å². The van der Waals surface area contributed by atoms with Crippen LogP contribution in [0.3, 0.4) is 0 Å². The summed E-state index contributed by atoms with van der Waals surface area (Å²) < 4.78 is 69.2. The molecule has 1 aliphatic heterocycles. The average Bonchev–Trinajstić information content (AvgIpc) is 2.31. The van der Waals surface area contributed by atoms with Gasteiger partial charge in [0.1, 0.15) is 5.75 Å². The van der Waals surface area contributed by atoms with E-state index in [1.165, 1.54) is 0 Å². The average molecular weight is 294 g/mol. The summed E-state index contributed by atoms with van der Waals surface area (Å²) in [5.41, 5.74) is -2.30. The Balaban J connectivity index is 2.57. The van der Waals surface area contributed by atoms with Crippen LogP contribution >= 0.6 is 0 Å². The molecular formula is C12H7F5O3. The molecule has 0 aromatic heterocycles. The van der Waals surface area contributed by atoms with Crippen LogP contribution in [0.1, 0.15) is 11.1 Å². The van der Waals surface area contributed by atoms with Crippen LogP contribution < -0.4 is 4.74 Å². The Morgan fingerprint density at radius 1 is 1.35 bits per heavy atom. The van der Waals surface area contributed by atoms with E-state index in [1.807, 2.05) is 0 Å². The SMILES string of the molecule is O=C(O)C=C1c2ccc(C(F)(F)F)cc2OCC1(F)F. The van der Waals surface area contributed by atoms with E-state index in [0.29, 0.717) is 12.1 Å². The van der Waals surface area contributed by atoms with Gasteiger partial charge in [0.05, 0.1) is 5.56 Å². The van der Waals surface area contributed by atoms with Crippen LogP contribution in [0.4, 0.5) is 22.0 Å². The van der Waals surface area contributed by atoms with Crippen LogP contribution in [-0.4, -0.2) is 23.6 Å². The highest BCUT2D eigenvalue weighted by atomic mass is 19.4. The summed E-state index contributed by atoms with van der Waals surface area (Å²) in [7, 11) is 0. The van der Waals surface area contributed by atoms with Gasteiger partial charge < -0.3 is 9.84 Å². The number of rotatable bonds is 1. The third-order valence-electron chi connectivity index (χ3n) is 2.67. The largest absolute Gasteiger partial charge is 0.486 e. The molecule has 0 amide bonds. The molecular weight excluding hydrogens is 287 g/mol. The second kappa shape index (κ2) is 4.46. The lowest BCUT2D eigenvalue weighted by Crippen LogP contribution is -2.32. The number of carboxylic acid groups (broad SMARTS) is 1. The zero-order chi connectivity index (χ0) is 15.1. The summed E-state index contributed by atoms with van der Waals surface area (Å²) in [6, 6.07) is 1.94. The Kier molecular flexibility index (Phi) is 3.19. The van der Waals surface area contributed by atoms with Crippen LogP contribution in [0.15, 0.2) is 24.3 Å².